The molecule has 2 aromatic carbocycles. The Kier molecular flexibility index (Phi) is 7.16. The SMILES string of the molecule is COc1cccc2c1C(=O)c1c(O)c3c(c(O)c1C2=O)CC(C(=O)N1CCN(C=O)CC1)CC3OC1CCCCO1. The predicted octanol–water partition coefficient (Wildman–Crippen LogP) is 2.33. The highest BCUT2D eigenvalue weighted by atomic mass is 16.7. The van der Waals surface area contributed by atoms with Gasteiger partial charge in [-0.25, -0.2) is 0 Å². The molecule has 6 rings (SSSR count). The second kappa shape index (κ2) is 10.8. The summed E-state index contributed by atoms with van der Waals surface area (Å²) in [7, 11) is 1.39. The normalized spacial score (nSPS) is 23.9. The molecule has 2 aliphatic carbocycles. The first-order chi connectivity index (χ1) is 19.8. The summed E-state index contributed by atoms with van der Waals surface area (Å²) in [5, 5.41) is 23.2. The van der Waals surface area contributed by atoms with Crippen molar-refractivity contribution in [2.24, 2.45) is 5.92 Å². The fourth-order valence-corrected chi connectivity index (χ4v) is 6.50. The van der Waals surface area contributed by atoms with Crippen LogP contribution in [0.5, 0.6) is 17.2 Å². The number of phenolic OH excluding ortho intramolecular Hbond substituents is 2. The van der Waals surface area contributed by atoms with E-state index in [2.05, 4.69) is 0 Å². The monoisotopic (exact) mass is 564 g/mol. The van der Waals surface area contributed by atoms with Crippen molar-refractivity contribution < 1.29 is 43.6 Å². The van der Waals surface area contributed by atoms with Crippen LogP contribution in [0.2, 0.25) is 0 Å². The van der Waals surface area contributed by atoms with Crippen molar-refractivity contribution in [3.8, 4) is 17.2 Å². The van der Waals surface area contributed by atoms with Gasteiger partial charge in [-0.3, -0.25) is 19.2 Å². The molecule has 0 radical (unpaired) electrons. The lowest BCUT2D eigenvalue weighted by atomic mass is 9.74. The Morgan fingerprint density at radius 3 is 2.46 bits per heavy atom. The van der Waals surface area contributed by atoms with Gasteiger partial charge < -0.3 is 34.2 Å². The molecule has 3 atom stereocenters. The van der Waals surface area contributed by atoms with Gasteiger partial charge in [0.15, 0.2) is 12.1 Å². The minimum atomic E-state index is -0.870. The lowest BCUT2D eigenvalue weighted by Gasteiger charge is -2.39. The summed E-state index contributed by atoms with van der Waals surface area (Å²) >= 11 is 0. The van der Waals surface area contributed by atoms with Crippen molar-refractivity contribution in [1.82, 2.24) is 9.80 Å². The van der Waals surface area contributed by atoms with Crippen LogP contribution in [0.3, 0.4) is 0 Å². The van der Waals surface area contributed by atoms with E-state index >= 15 is 0 Å². The van der Waals surface area contributed by atoms with Gasteiger partial charge in [0.2, 0.25) is 18.1 Å². The highest BCUT2D eigenvalue weighted by molar-refractivity contribution is 6.31. The van der Waals surface area contributed by atoms with Gasteiger partial charge in [-0.05, 0) is 38.2 Å². The molecule has 0 spiro atoms. The molecule has 0 bridgehead atoms. The van der Waals surface area contributed by atoms with Gasteiger partial charge in [-0.15, -0.1) is 0 Å². The zero-order valence-electron chi connectivity index (χ0n) is 22.8. The van der Waals surface area contributed by atoms with Crippen molar-refractivity contribution >= 4 is 23.9 Å². The van der Waals surface area contributed by atoms with Crippen molar-refractivity contribution in [1.29, 1.82) is 0 Å². The maximum absolute atomic E-state index is 13.8. The zero-order chi connectivity index (χ0) is 28.8. The molecule has 0 aromatic heterocycles. The second-order valence-corrected chi connectivity index (χ2v) is 10.9. The first kappa shape index (κ1) is 27.2. The summed E-state index contributed by atoms with van der Waals surface area (Å²) in [6.07, 6.45) is 1.96. The number of phenols is 2. The summed E-state index contributed by atoms with van der Waals surface area (Å²) < 4.78 is 17.5. The van der Waals surface area contributed by atoms with Crippen molar-refractivity contribution in [2.75, 3.05) is 39.9 Å². The van der Waals surface area contributed by atoms with Crippen LogP contribution >= 0.6 is 0 Å². The molecule has 2 N–H and O–H groups in total. The van der Waals surface area contributed by atoms with Crippen LogP contribution in [-0.2, 0) is 25.5 Å². The minimum Gasteiger partial charge on any atom is -0.507 e. The summed E-state index contributed by atoms with van der Waals surface area (Å²) in [6, 6.07) is 4.62. The molecule has 216 valence electrons. The Bertz CT molecular complexity index is 1420. The van der Waals surface area contributed by atoms with Gasteiger partial charge in [-0.1, -0.05) is 12.1 Å². The maximum Gasteiger partial charge on any atom is 0.226 e. The van der Waals surface area contributed by atoms with Crippen LogP contribution in [0.15, 0.2) is 18.2 Å². The van der Waals surface area contributed by atoms with Crippen LogP contribution < -0.4 is 4.74 Å². The van der Waals surface area contributed by atoms with E-state index in [-0.39, 0.29) is 57.9 Å². The fraction of sp³-hybridized carbons (Fsp3) is 0.467. The smallest absolute Gasteiger partial charge is 0.226 e. The highest BCUT2D eigenvalue weighted by Gasteiger charge is 2.45. The standard InChI is InChI=1S/C30H32N2O9/c1-39-19-6-4-5-17-22(19)28(36)25-24(26(17)34)27(35)18-13-16(30(38)32-10-8-31(15-33)9-11-32)14-20(23(18)29(25)37)41-21-7-2-3-12-40-21/h4-6,15-16,20-21,35,37H,2-3,7-14H2,1H3. The average Bonchev–Trinajstić information content (AvgIpc) is 3.01. The van der Waals surface area contributed by atoms with Crippen LogP contribution in [0.25, 0.3) is 0 Å². The van der Waals surface area contributed by atoms with E-state index in [9.17, 15) is 29.4 Å². The molecule has 2 amide bonds. The average molecular weight is 565 g/mol. The topological polar surface area (TPSA) is 143 Å². The van der Waals surface area contributed by atoms with E-state index < -0.39 is 41.4 Å². The van der Waals surface area contributed by atoms with Gasteiger partial charge in [0, 0.05) is 55.4 Å². The van der Waals surface area contributed by atoms with E-state index in [0.29, 0.717) is 39.2 Å². The third kappa shape index (κ3) is 4.53. The number of ether oxygens (including phenoxy) is 3. The molecular formula is C30H32N2O9. The van der Waals surface area contributed by atoms with Gasteiger partial charge in [0.25, 0.3) is 0 Å². The number of amides is 2. The Hall–Kier alpha value is -3.96. The van der Waals surface area contributed by atoms with Gasteiger partial charge in [0.05, 0.1) is 29.9 Å². The zero-order valence-corrected chi connectivity index (χ0v) is 22.8. The van der Waals surface area contributed by atoms with E-state index in [1.54, 1.807) is 21.9 Å². The molecule has 0 saturated carbocycles. The first-order valence-electron chi connectivity index (χ1n) is 14.0. The Labute approximate surface area is 236 Å². The molecule has 11 heteroatoms. The third-order valence-corrected chi connectivity index (χ3v) is 8.61. The maximum atomic E-state index is 13.8. The van der Waals surface area contributed by atoms with E-state index in [0.717, 1.165) is 19.3 Å². The third-order valence-electron chi connectivity index (χ3n) is 8.61. The summed E-state index contributed by atoms with van der Waals surface area (Å²) in [4.78, 5) is 55.5. The molecule has 3 unspecified atom stereocenters. The van der Waals surface area contributed by atoms with Crippen LogP contribution in [-0.4, -0.2) is 90.1 Å². The van der Waals surface area contributed by atoms with Crippen molar-refractivity contribution in [3.63, 3.8) is 0 Å². The first-order valence-corrected chi connectivity index (χ1v) is 14.0. The number of rotatable bonds is 5. The molecule has 2 fully saturated rings. The molecule has 2 aromatic rings. The number of hydrogen-bond donors (Lipinski definition) is 2. The molecule has 11 nitrogen and oxygen atoms in total. The predicted molar refractivity (Wildman–Crippen MR) is 143 cm³/mol. The number of carbonyl (C=O) groups excluding carboxylic acids is 4. The van der Waals surface area contributed by atoms with Gasteiger partial charge in [-0.2, -0.15) is 0 Å². The number of aromatic hydroxyl groups is 2. The number of methoxy groups -OCH3 is 1. The van der Waals surface area contributed by atoms with Crippen molar-refractivity contribution in [2.45, 2.75) is 44.5 Å². The van der Waals surface area contributed by atoms with Crippen molar-refractivity contribution in [3.05, 3.63) is 51.6 Å². The fourth-order valence-electron chi connectivity index (χ4n) is 6.50. The number of nitrogens with zero attached hydrogens (tertiary/aromatic N) is 2. The van der Waals surface area contributed by atoms with Crippen LogP contribution in [0.1, 0.15) is 74.8 Å². The Morgan fingerprint density at radius 1 is 1.02 bits per heavy atom. The van der Waals surface area contributed by atoms with Crippen LogP contribution in [0.4, 0.5) is 0 Å². The number of benzene rings is 2. The summed E-state index contributed by atoms with van der Waals surface area (Å²) in [5.41, 5.74) is -0.0797. The minimum absolute atomic E-state index is 0.0218. The molecule has 2 aliphatic heterocycles. The molecular weight excluding hydrogens is 532 g/mol. The quantitative estimate of drug-likeness (QED) is 0.353. The summed E-state index contributed by atoms with van der Waals surface area (Å²) in [5.74, 6) is -2.71. The van der Waals surface area contributed by atoms with E-state index in [1.165, 1.54) is 13.2 Å². The number of carbonyl (C=O) groups is 4. The van der Waals surface area contributed by atoms with Gasteiger partial charge >= 0.3 is 0 Å². The lowest BCUT2D eigenvalue weighted by Crippen LogP contribution is -2.50. The van der Waals surface area contributed by atoms with E-state index in [1.807, 2.05) is 0 Å². The molecule has 2 heterocycles. The van der Waals surface area contributed by atoms with Crippen LogP contribution in [0, 0.1) is 5.92 Å². The number of hydrogen-bond acceptors (Lipinski definition) is 9. The molecule has 2 saturated heterocycles. The van der Waals surface area contributed by atoms with E-state index in [4.69, 9.17) is 14.2 Å². The Balaban J connectivity index is 1.43. The highest BCUT2D eigenvalue weighted by Crippen LogP contribution is 2.51. The number of fused-ring (bicyclic) bond motifs is 3. The molecule has 41 heavy (non-hydrogen) atoms. The molecule has 4 aliphatic rings. The Morgan fingerprint density at radius 2 is 1.78 bits per heavy atom. The largest absolute Gasteiger partial charge is 0.507 e. The number of piperazine rings is 1. The summed E-state index contributed by atoms with van der Waals surface area (Å²) in [6.45, 7) is 2.12. The van der Waals surface area contributed by atoms with Gasteiger partial charge in [0.1, 0.15) is 17.2 Å². The number of ketones is 2. The lowest BCUT2D eigenvalue weighted by molar-refractivity contribution is -0.196. The second-order valence-electron chi connectivity index (χ2n) is 10.9.